The highest BCUT2D eigenvalue weighted by molar-refractivity contribution is 7.85. The first-order chi connectivity index (χ1) is 31.0. The van der Waals surface area contributed by atoms with E-state index in [1.165, 1.54) is 57.8 Å². The van der Waals surface area contributed by atoms with Crippen LogP contribution >= 0.6 is 0 Å². The molecular formula is C51H84O12S. The number of unbranched alkanes of at least 4 members (excludes halogenated alkanes) is 13. The van der Waals surface area contributed by atoms with E-state index in [0.29, 0.717) is 19.3 Å². The molecule has 1 aliphatic heterocycles. The predicted octanol–water partition coefficient (Wildman–Crippen LogP) is 10.4. The first-order valence-corrected chi connectivity index (χ1v) is 25.8. The standard InChI is InChI=1S/C51H84O12S/c1-3-5-7-9-11-13-15-17-19-21-22-24-26-28-30-32-34-36-38-40-47(53)62-44(42-61-51-50(56)49(55)48(54)45(63-51)43-64(57,58)59)41-60-46(52)39-37-35-33-31-29-27-25-23-20-18-16-14-12-10-8-6-4-2/h5,7,11,13,17-20,22,24,28,30,34,36,44-45,48-51,54-56H,3-4,6,8-10,12,14-16,21,23,25-27,29,31-33,35,37-43H2,1-2H3,(H,57,58,59)/b7-5+,13-11+,19-17+,20-18+,24-22+,30-28+,36-34+/t44-,45-,48-,49?,50?,51+/m1/s1. The zero-order chi connectivity index (χ0) is 46.9. The van der Waals surface area contributed by atoms with Gasteiger partial charge in [-0.3, -0.25) is 14.1 Å². The van der Waals surface area contributed by atoms with Crippen LogP contribution in [0, 0.1) is 0 Å². The molecule has 0 aromatic heterocycles. The molecule has 0 aromatic carbocycles. The summed E-state index contributed by atoms with van der Waals surface area (Å²) in [6.45, 7) is 3.58. The van der Waals surface area contributed by atoms with E-state index >= 15 is 0 Å². The van der Waals surface area contributed by atoms with E-state index in [1.807, 2.05) is 18.2 Å². The molecule has 12 nitrogen and oxygen atoms in total. The third-order valence-corrected chi connectivity index (χ3v) is 11.2. The highest BCUT2D eigenvalue weighted by Gasteiger charge is 2.46. The molecule has 0 saturated carbocycles. The van der Waals surface area contributed by atoms with Crippen LogP contribution in [0.5, 0.6) is 0 Å². The van der Waals surface area contributed by atoms with Gasteiger partial charge >= 0.3 is 11.9 Å². The van der Waals surface area contributed by atoms with Crippen LogP contribution in [0.2, 0.25) is 0 Å². The highest BCUT2D eigenvalue weighted by Crippen LogP contribution is 2.24. The number of aliphatic hydroxyl groups is 3. The summed E-state index contributed by atoms with van der Waals surface area (Å²) in [5, 5.41) is 30.9. The molecule has 0 spiro atoms. The Balaban J connectivity index is 2.48. The minimum Gasteiger partial charge on any atom is -0.462 e. The molecule has 0 bridgehead atoms. The molecule has 64 heavy (non-hydrogen) atoms. The third kappa shape index (κ3) is 34.2. The van der Waals surface area contributed by atoms with Crippen molar-refractivity contribution in [2.75, 3.05) is 19.0 Å². The van der Waals surface area contributed by atoms with Crippen LogP contribution in [-0.4, -0.2) is 96.0 Å². The Morgan fingerprint density at radius 1 is 0.547 bits per heavy atom. The zero-order valence-electron chi connectivity index (χ0n) is 39.1. The van der Waals surface area contributed by atoms with E-state index in [2.05, 4.69) is 80.7 Å². The summed E-state index contributed by atoms with van der Waals surface area (Å²) in [5.41, 5.74) is 0. The number of aliphatic hydroxyl groups excluding tert-OH is 3. The van der Waals surface area contributed by atoms with Gasteiger partial charge in [-0.05, 0) is 77.0 Å². The maximum atomic E-state index is 12.8. The van der Waals surface area contributed by atoms with Gasteiger partial charge in [0.2, 0.25) is 0 Å². The maximum Gasteiger partial charge on any atom is 0.306 e. The second-order valence-corrected chi connectivity index (χ2v) is 17.9. The van der Waals surface area contributed by atoms with Crippen molar-refractivity contribution < 1.29 is 56.8 Å². The summed E-state index contributed by atoms with van der Waals surface area (Å²) in [5.74, 6) is -2.11. The van der Waals surface area contributed by atoms with Gasteiger partial charge in [0.15, 0.2) is 12.4 Å². The SMILES string of the molecule is CC/C=C/C/C=C/C/C=C/C/C=C/C/C=C/C/C=C/CCC(=O)O[C@H](COC(=O)CCCCCCCCC/C=C/CCCCCCCC)CO[C@H]1O[C@H](CS(=O)(=O)O)[C@@H](O)C(O)C1O. The normalized spacial score (nSPS) is 20.4. The number of allylic oxidation sites excluding steroid dienone is 14. The average Bonchev–Trinajstić information content (AvgIpc) is 3.26. The molecule has 1 heterocycles. The van der Waals surface area contributed by atoms with Crippen molar-refractivity contribution in [3.8, 4) is 0 Å². The fourth-order valence-corrected chi connectivity index (χ4v) is 7.45. The monoisotopic (exact) mass is 921 g/mol. The Kier molecular flexibility index (Phi) is 36.9. The van der Waals surface area contributed by atoms with Gasteiger partial charge in [0.05, 0.1) is 6.61 Å². The predicted molar refractivity (Wildman–Crippen MR) is 256 cm³/mol. The number of hydrogen-bond donors (Lipinski definition) is 4. The summed E-state index contributed by atoms with van der Waals surface area (Å²) < 4.78 is 54.1. The van der Waals surface area contributed by atoms with E-state index in [4.69, 9.17) is 18.9 Å². The van der Waals surface area contributed by atoms with Gasteiger partial charge in [-0.2, -0.15) is 8.42 Å². The van der Waals surface area contributed by atoms with Crippen LogP contribution in [0.25, 0.3) is 0 Å². The van der Waals surface area contributed by atoms with Crippen molar-refractivity contribution in [2.24, 2.45) is 0 Å². The van der Waals surface area contributed by atoms with Gasteiger partial charge < -0.3 is 34.3 Å². The maximum absolute atomic E-state index is 12.8. The molecule has 0 amide bonds. The van der Waals surface area contributed by atoms with Crippen molar-refractivity contribution in [1.29, 1.82) is 0 Å². The highest BCUT2D eigenvalue weighted by atomic mass is 32.2. The summed E-state index contributed by atoms with van der Waals surface area (Å²) >= 11 is 0. The molecule has 366 valence electrons. The molecule has 2 unspecified atom stereocenters. The molecule has 0 radical (unpaired) electrons. The summed E-state index contributed by atoms with van der Waals surface area (Å²) in [6, 6.07) is 0. The van der Waals surface area contributed by atoms with Crippen LogP contribution in [0.3, 0.4) is 0 Å². The van der Waals surface area contributed by atoms with Crippen molar-refractivity contribution >= 4 is 22.1 Å². The van der Waals surface area contributed by atoms with Crippen LogP contribution in [0.4, 0.5) is 0 Å². The third-order valence-electron chi connectivity index (χ3n) is 10.5. The molecule has 0 aliphatic carbocycles. The average molecular weight is 921 g/mol. The Hall–Kier alpha value is -3.17. The number of esters is 2. The van der Waals surface area contributed by atoms with Crippen LogP contribution < -0.4 is 0 Å². The topological polar surface area (TPSA) is 186 Å². The van der Waals surface area contributed by atoms with Gasteiger partial charge in [-0.15, -0.1) is 0 Å². The Labute approximate surface area is 386 Å². The van der Waals surface area contributed by atoms with E-state index in [-0.39, 0.29) is 19.4 Å². The molecule has 6 atom stereocenters. The molecule has 1 aliphatic rings. The number of carbonyl (C=O) groups is 2. The lowest BCUT2D eigenvalue weighted by Crippen LogP contribution is -2.60. The summed E-state index contributed by atoms with van der Waals surface area (Å²) in [6.07, 6.45) is 43.5. The smallest absolute Gasteiger partial charge is 0.306 e. The van der Waals surface area contributed by atoms with Crippen LogP contribution in [0.15, 0.2) is 85.1 Å². The molecule has 1 saturated heterocycles. The minimum atomic E-state index is -4.62. The number of hydrogen-bond acceptors (Lipinski definition) is 11. The zero-order valence-corrected chi connectivity index (χ0v) is 39.9. The van der Waals surface area contributed by atoms with Gasteiger partial charge in [-0.1, -0.05) is 163 Å². The summed E-state index contributed by atoms with van der Waals surface area (Å²) in [7, 11) is -4.62. The minimum absolute atomic E-state index is 0.0342. The second kappa shape index (κ2) is 40.1. The Morgan fingerprint density at radius 3 is 1.53 bits per heavy atom. The van der Waals surface area contributed by atoms with Gasteiger partial charge in [-0.25, -0.2) is 0 Å². The number of rotatable bonds is 39. The summed E-state index contributed by atoms with van der Waals surface area (Å²) in [4.78, 5) is 25.4. The lowest BCUT2D eigenvalue weighted by molar-refractivity contribution is -0.297. The van der Waals surface area contributed by atoms with Gasteiger partial charge in [0, 0.05) is 12.8 Å². The quantitative estimate of drug-likeness (QED) is 0.0198. The largest absolute Gasteiger partial charge is 0.462 e. The van der Waals surface area contributed by atoms with Gasteiger partial charge in [0.25, 0.3) is 10.1 Å². The van der Waals surface area contributed by atoms with Gasteiger partial charge in [0.1, 0.15) is 36.8 Å². The fourth-order valence-electron chi connectivity index (χ4n) is 6.76. The first-order valence-electron chi connectivity index (χ1n) is 24.1. The molecule has 1 rings (SSSR count). The lowest BCUT2D eigenvalue weighted by atomic mass is 10.00. The van der Waals surface area contributed by atoms with E-state index in [9.17, 15) is 37.9 Å². The molecule has 1 fully saturated rings. The van der Waals surface area contributed by atoms with E-state index < -0.39 is 71.2 Å². The Morgan fingerprint density at radius 2 is 1.02 bits per heavy atom. The van der Waals surface area contributed by atoms with Crippen LogP contribution in [0.1, 0.15) is 168 Å². The number of carbonyl (C=O) groups excluding carboxylic acids is 2. The van der Waals surface area contributed by atoms with E-state index in [0.717, 1.165) is 64.2 Å². The first kappa shape index (κ1) is 58.8. The molecule has 13 heteroatoms. The number of ether oxygens (including phenoxy) is 4. The van der Waals surface area contributed by atoms with Crippen molar-refractivity contribution in [3.63, 3.8) is 0 Å². The molecular weight excluding hydrogens is 837 g/mol. The molecule has 0 aromatic rings. The Bertz CT molecular complexity index is 1500. The lowest BCUT2D eigenvalue weighted by Gasteiger charge is -2.40. The van der Waals surface area contributed by atoms with Crippen molar-refractivity contribution in [3.05, 3.63) is 85.1 Å². The van der Waals surface area contributed by atoms with E-state index in [1.54, 1.807) is 0 Å². The second-order valence-electron chi connectivity index (χ2n) is 16.4. The van der Waals surface area contributed by atoms with Crippen molar-refractivity contribution in [1.82, 2.24) is 0 Å². The van der Waals surface area contributed by atoms with Crippen molar-refractivity contribution in [2.45, 2.75) is 205 Å². The van der Waals surface area contributed by atoms with Crippen LogP contribution in [-0.2, 0) is 38.7 Å². The fraction of sp³-hybridized carbons (Fsp3) is 0.686. The molecule has 4 N–H and O–H groups in total.